The van der Waals surface area contributed by atoms with E-state index in [-0.39, 0.29) is 0 Å². The van der Waals surface area contributed by atoms with Crippen LogP contribution in [-0.2, 0) is 13.0 Å². The monoisotopic (exact) mass is 209 g/mol. The molecule has 0 aromatic carbocycles. The van der Waals surface area contributed by atoms with Crippen LogP contribution >= 0.6 is 0 Å². The second-order valence-corrected chi connectivity index (χ2v) is 4.07. The minimum absolute atomic E-state index is 1.03. The van der Waals surface area contributed by atoms with Crippen LogP contribution in [-0.4, -0.2) is 15.0 Å². The van der Waals surface area contributed by atoms with Crippen molar-refractivity contribution < 1.29 is 0 Å². The molecule has 0 radical (unpaired) electrons. The molecule has 1 aromatic rings. The number of hydrogen-bond donors (Lipinski definition) is 0. The molecule has 1 aromatic heterocycles. The van der Waals surface area contributed by atoms with Crippen LogP contribution in [0, 0.1) is 0 Å². The number of aromatic nitrogens is 3. The van der Waals surface area contributed by atoms with Gasteiger partial charge in [-0.05, 0) is 12.8 Å². The third-order valence-corrected chi connectivity index (χ3v) is 2.78. The molecule has 0 aliphatic rings. The van der Waals surface area contributed by atoms with Crippen molar-refractivity contribution in [3.63, 3.8) is 0 Å². The molecule has 1 heterocycles. The molecule has 0 aliphatic carbocycles. The van der Waals surface area contributed by atoms with Gasteiger partial charge in [-0.1, -0.05) is 51.2 Å². The predicted molar refractivity (Wildman–Crippen MR) is 62.8 cm³/mol. The molecule has 1 rings (SSSR count). The first kappa shape index (κ1) is 12.2. The maximum absolute atomic E-state index is 4.09. The molecule has 0 N–H and O–H groups in total. The summed E-state index contributed by atoms with van der Waals surface area (Å²) in [4.78, 5) is 0. The highest BCUT2D eigenvalue weighted by atomic mass is 15.4. The molecule has 3 nitrogen and oxygen atoms in total. The van der Waals surface area contributed by atoms with E-state index in [0.717, 1.165) is 13.0 Å². The zero-order chi connectivity index (χ0) is 10.9. The Morgan fingerprint density at radius 3 is 2.53 bits per heavy atom. The van der Waals surface area contributed by atoms with Gasteiger partial charge in [0.05, 0.1) is 11.9 Å². The third-order valence-electron chi connectivity index (χ3n) is 2.78. The van der Waals surface area contributed by atoms with Gasteiger partial charge in [-0.25, -0.2) is 4.68 Å². The number of rotatable bonds is 8. The summed E-state index contributed by atoms with van der Waals surface area (Å²) in [6.45, 7) is 5.44. The van der Waals surface area contributed by atoms with E-state index in [1.54, 1.807) is 0 Å². The normalized spacial score (nSPS) is 10.8. The molecule has 0 aliphatic heterocycles. The fourth-order valence-corrected chi connectivity index (χ4v) is 1.78. The van der Waals surface area contributed by atoms with Crippen LogP contribution in [0.15, 0.2) is 6.20 Å². The Morgan fingerprint density at radius 2 is 1.80 bits per heavy atom. The summed E-state index contributed by atoms with van der Waals surface area (Å²) < 4.78 is 2.04. The summed E-state index contributed by atoms with van der Waals surface area (Å²) in [5.41, 5.74) is 1.25. The molecule has 0 saturated heterocycles. The minimum Gasteiger partial charge on any atom is -0.249 e. The lowest BCUT2D eigenvalue weighted by Crippen LogP contribution is -2.04. The Morgan fingerprint density at radius 1 is 1.07 bits per heavy atom. The Labute approximate surface area is 92.9 Å². The minimum atomic E-state index is 1.03. The molecular formula is C12H23N3. The molecule has 0 bridgehead atoms. The number of unbranched alkanes of at least 4 members (excludes halogenated alkanes) is 5. The van der Waals surface area contributed by atoms with Crippen molar-refractivity contribution in [1.82, 2.24) is 15.0 Å². The molecule has 0 fully saturated rings. The molecule has 0 saturated carbocycles. The van der Waals surface area contributed by atoms with E-state index in [9.17, 15) is 0 Å². The summed E-state index contributed by atoms with van der Waals surface area (Å²) in [5, 5.41) is 8.02. The standard InChI is InChI=1S/C12H23N3/c1-3-5-6-7-8-9-10-15-12(4-2)11-13-14-15/h11H,3-10H2,1-2H3. The second-order valence-electron chi connectivity index (χ2n) is 4.07. The van der Waals surface area contributed by atoms with E-state index >= 15 is 0 Å². The van der Waals surface area contributed by atoms with Crippen LogP contribution in [0.3, 0.4) is 0 Å². The Bertz CT molecular complexity index is 255. The van der Waals surface area contributed by atoms with Crippen LogP contribution in [0.5, 0.6) is 0 Å². The van der Waals surface area contributed by atoms with Crippen LogP contribution in [0.2, 0.25) is 0 Å². The van der Waals surface area contributed by atoms with E-state index in [1.165, 1.54) is 44.2 Å². The summed E-state index contributed by atoms with van der Waals surface area (Å²) in [5.74, 6) is 0. The average Bonchev–Trinajstić information content (AvgIpc) is 2.70. The van der Waals surface area contributed by atoms with Gasteiger partial charge in [0.15, 0.2) is 0 Å². The zero-order valence-corrected chi connectivity index (χ0v) is 10.1. The van der Waals surface area contributed by atoms with Crippen molar-refractivity contribution in [3.05, 3.63) is 11.9 Å². The van der Waals surface area contributed by atoms with Crippen LogP contribution in [0.1, 0.15) is 58.1 Å². The molecule has 0 atom stereocenters. The molecule has 15 heavy (non-hydrogen) atoms. The van der Waals surface area contributed by atoms with Crippen molar-refractivity contribution in [2.45, 2.75) is 65.3 Å². The largest absolute Gasteiger partial charge is 0.249 e. The number of aryl methyl sites for hydroxylation is 2. The van der Waals surface area contributed by atoms with Gasteiger partial charge in [0, 0.05) is 6.54 Å². The molecule has 0 unspecified atom stereocenters. The Hall–Kier alpha value is -0.860. The summed E-state index contributed by atoms with van der Waals surface area (Å²) in [6, 6.07) is 0. The highest BCUT2D eigenvalue weighted by Crippen LogP contribution is 2.07. The lowest BCUT2D eigenvalue weighted by molar-refractivity contribution is 0.504. The van der Waals surface area contributed by atoms with Crippen molar-refractivity contribution >= 4 is 0 Å². The molecule has 0 spiro atoms. The predicted octanol–water partition coefficient (Wildman–Crippen LogP) is 3.20. The van der Waals surface area contributed by atoms with Gasteiger partial charge in [-0.2, -0.15) is 0 Å². The van der Waals surface area contributed by atoms with Gasteiger partial charge in [-0.3, -0.25) is 0 Å². The van der Waals surface area contributed by atoms with Gasteiger partial charge in [0.2, 0.25) is 0 Å². The van der Waals surface area contributed by atoms with Crippen molar-refractivity contribution in [1.29, 1.82) is 0 Å². The summed E-state index contributed by atoms with van der Waals surface area (Å²) in [6.07, 6.45) is 10.9. The molecule has 3 heteroatoms. The summed E-state index contributed by atoms with van der Waals surface area (Å²) >= 11 is 0. The first-order valence-electron chi connectivity index (χ1n) is 6.25. The van der Waals surface area contributed by atoms with Crippen molar-refractivity contribution in [2.24, 2.45) is 0 Å². The third kappa shape index (κ3) is 4.45. The highest BCUT2D eigenvalue weighted by Gasteiger charge is 2.00. The first-order chi connectivity index (χ1) is 7.38. The van der Waals surface area contributed by atoms with Crippen LogP contribution in [0.25, 0.3) is 0 Å². The lowest BCUT2D eigenvalue weighted by Gasteiger charge is -2.04. The average molecular weight is 209 g/mol. The fourth-order valence-electron chi connectivity index (χ4n) is 1.78. The Balaban J connectivity index is 2.09. The van der Waals surface area contributed by atoms with E-state index in [1.807, 2.05) is 10.9 Å². The van der Waals surface area contributed by atoms with Gasteiger partial charge < -0.3 is 0 Å². The van der Waals surface area contributed by atoms with Gasteiger partial charge in [0.1, 0.15) is 0 Å². The maximum atomic E-state index is 4.09. The number of hydrogen-bond acceptors (Lipinski definition) is 2. The highest BCUT2D eigenvalue weighted by molar-refractivity contribution is 4.92. The SMILES string of the molecule is CCCCCCCCn1nncc1CC. The Kier molecular flexibility index (Phi) is 6.05. The van der Waals surface area contributed by atoms with Crippen LogP contribution < -0.4 is 0 Å². The molecule has 0 amide bonds. The molecule has 86 valence electrons. The van der Waals surface area contributed by atoms with Crippen molar-refractivity contribution in [3.8, 4) is 0 Å². The summed E-state index contributed by atoms with van der Waals surface area (Å²) in [7, 11) is 0. The quantitative estimate of drug-likeness (QED) is 0.615. The van der Waals surface area contributed by atoms with Gasteiger partial charge >= 0.3 is 0 Å². The lowest BCUT2D eigenvalue weighted by atomic mass is 10.1. The van der Waals surface area contributed by atoms with Crippen molar-refractivity contribution in [2.75, 3.05) is 0 Å². The van der Waals surface area contributed by atoms with E-state index in [2.05, 4.69) is 24.2 Å². The van der Waals surface area contributed by atoms with Gasteiger partial charge in [-0.15, -0.1) is 5.10 Å². The first-order valence-corrected chi connectivity index (χ1v) is 6.25. The second kappa shape index (κ2) is 7.43. The molecular weight excluding hydrogens is 186 g/mol. The fraction of sp³-hybridized carbons (Fsp3) is 0.833. The maximum Gasteiger partial charge on any atom is 0.0725 e. The van der Waals surface area contributed by atoms with E-state index in [0.29, 0.717) is 0 Å². The number of nitrogens with zero attached hydrogens (tertiary/aromatic N) is 3. The smallest absolute Gasteiger partial charge is 0.0725 e. The van der Waals surface area contributed by atoms with E-state index in [4.69, 9.17) is 0 Å². The topological polar surface area (TPSA) is 30.7 Å². The zero-order valence-electron chi connectivity index (χ0n) is 10.1. The van der Waals surface area contributed by atoms with Gasteiger partial charge in [0.25, 0.3) is 0 Å². The van der Waals surface area contributed by atoms with E-state index < -0.39 is 0 Å². The van der Waals surface area contributed by atoms with Crippen LogP contribution in [0.4, 0.5) is 0 Å².